The number of benzene rings is 2. The second-order valence-electron chi connectivity index (χ2n) is 4.70. The van der Waals surface area contributed by atoms with Crippen molar-refractivity contribution in [2.75, 3.05) is 0 Å². The largest absolute Gasteiger partial charge is 0.479 e. The van der Waals surface area contributed by atoms with Gasteiger partial charge < -0.3 is 9.84 Å². The predicted molar refractivity (Wildman–Crippen MR) is 79.7 cm³/mol. The van der Waals surface area contributed by atoms with Crippen LogP contribution in [0.4, 0.5) is 13.2 Å². The molecule has 1 N–H and O–H groups in total. The summed E-state index contributed by atoms with van der Waals surface area (Å²) < 4.78 is 43.2. The van der Waals surface area contributed by atoms with E-state index in [2.05, 4.69) is 0 Å². The Bertz CT molecular complexity index is 684. The van der Waals surface area contributed by atoms with Crippen LogP contribution in [-0.4, -0.2) is 17.2 Å². The van der Waals surface area contributed by atoms with E-state index in [0.717, 1.165) is 17.0 Å². The summed E-state index contributed by atoms with van der Waals surface area (Å²) in [6.07, 6.45) is -5.35. The molecule has 0 spiro atoms. The molecular weight excluding hydrogens is 329 g/mol. The van der Waals surface area contributed by atoms with Crippen LogP contribution >= 0.6 is 11.8 Å². The summed E-state index contributed by atoms with van der Waals surface area (Å²) in [5, 5.41) is 8.76. The molecule has 0 aliphatic heterocycles. The standard InChI is InChI=1S/C16H13F3O3S/c1-10(15(20)21)22-12-5-7-13(8-6-12)23-14-4-2-3-11(9-14)16(17,18)19/h2-10H,1H3,(H,20,21). The van der Waals surface area contributed by atoms with Crippen LogP contribution in [0.5, 0.6) is 5.75 Å². The zero-order valence-electron chi connectivity index (χ0n) is 12.0. The number of alkyl halides is 3. The first-order valence-electron chi connectivity index (χ1n) is 6.60. The third-order valence-corrected chi connectivity index (χ3v) is 3.88. The van der Waals surface area contributed by atoms with Gasteiger partial charge in [-0.15, -0.1) is 0 Å². The maximum atomic E-state index is 12.7. The highest BCUT2D eigenvalue weighted by Gasteiger charge is 2.30. The van der Waals surface area contributed by atoms with Crippen LogP contribution in [0.15, 0.2) is 58.3 Å². The van der Waals surface area contributed by atoms with E-state index in [4.69, 9.17) is 9.84 Å². The number of ether oxygens (including phenoxy) is 1. The Morgan fingerprint density at radius 3 is 2.35 bits per heavy atom. The lowest BCUT2D eigenvalue weighted by atomic mass is 10.2. The van der Waals surface area contributed by atoms with E-state index in [1.807, 2.05) is 0 Å². The van der Waals surface area contributed by atoms with Gasteiger partial charge in [0.05, 0.1) is 5.56 Å². The highest BCUT2D eigenvalue weighted by molar-refractivity contribution is 7.99. The van der Waals surface area contributed by atoms with Crippen molar-refractivity contribution in [3.63, 3.8) is 0 Å². The number of carboxylic acid groups (broad SMARTS) is 1. The number of rotatable bonds is 5. The van der Waals surface area contributed by atoms with Crippen molar-refractivity contribution in [3.8, 4) is 5.75 Å². The molecule has 1 atom stereocenters. The van der Waals surface area contributed by atoms with Gasteiger partial charge in [0.15, 0.2) is 6.10 Å². The minimum Gasteiger partial charge on any atom is -0.479 e. The van der Waals surface area contributed by atoms with Crippen LogP contribution in [0.25, 0.3) is 0 Å². The third kappa shape index (κ3) is 4.92. The zero-order valence-corrected chi connectivity index (χ0v) is 12.8. The van der Waals surface area contributed by atoms with E-state index < -0.39 is 23.8 Å². The van der Waals surface area contributed by atoms with Crippen molar-refractivity contribution in [2.24, 2.45) is 0 Å². The SMILES string of the molecule is CC(Oc1ccc(Sc2cccc(C(F)(F)F)c2)cc1)C(=O)O. The van der Waals surface area contributed by atoms with E-state index in [1.54, 1.807) is 30.3 Å². The molecule has 23 heavy (non-hydrogen) atoms. The molecule has 0 aliphatic carbocycles. The van der Waals surface area contributed by atoms with Crippen molar-refractivity contribution >= 4 is 17.7 Å². The summed E-state index contributed by atoms with van der Waals surface area (Å²) in [4.78, 5) is 11.9. The predicted octanol–water partition coefficient (Wildman–Crippen LogP) is 4.71. The maximum Gasteiger partial charge on any atom is 0.416 e. The van der Waals surface area contributed by atoms with Crippen molar-refractivity contribution in [2.45, 2.75) is 29.0 Å². The van der Waals surface area contributed by atoms with Crippen molar-refractivity contribution in [1.29, 1.82) is 0 Å². The van der Waals surface area contributed by atoms with Crippen LogP contribution in [0.2, 0.25) is 0 Å². The topological polar surface area (TPSA) is 46.5 Å². The molecule has 0 fully saturated rings. The molecule has 0 aromatic heterocycles. The van der Waals surface area contributed by atoms with Gasteiger partial charge in [-0.3, -0.25) is 0 Å². The Kier molecular flexibility index (Phi) is 5.20. The summed E-state index contributed by atoms with van der Waals surface area (Å²) in [6, 6.07) is 11.5. The van der Waals surface area contributed by atoms with Crippen molar-refractivity contribution < 1.29 is 27.8 Å². The fourth-order valence-corrected chi connectivity index (χ4v) is 2.59. The molecule has 122 valence electrons. The lowest BCUT2D eigenvalue weighted by Gasteiger charge is -2.11. The van der Waals surface area contributed by atoms with Crippen LogP contribution in [0.1, 0.15) is 12.5 Å². The molecule has 3 nitrogen and oxygen atoms in total. The summed E-state index contributed by atoms with van der Waals surface area (Å²) in [6.45, 7) is 1.41. The van der Waals surface area contributed by atoms with Gasteiger partial charge in [-0.05, 0) is 49.4 Å². The maximum absolute atomic E-state index is 12.7. The van der Waals surface area contributed by atoms with E-state index in [-0.39, 0.29) is 0 Å². The molecule has 1 unspecified atom stereocenters. The Balaban J connectivity index is 2.08. The number of aliphatic carboxylic acids is 1. The van der Waals surface area contributed by atoms with Gasteiger partial charge in [0.25, 0.3) is 0 Å². The first-order valence-corrected chi connectivity index (χ1v) is 7.42. The Morgan fingerprint density at radius 2 is 1.78 bits per heavy atom. The summed E-state index contributed by atoms with van der Waals surface area (Å²) in [7, 11) is 0. The van der Waals surface area contributed by atoms with Crippen LogP contribution in [0, 0.1) is 0 Å². The van der Waals surface area contributed by atoms with Gasteiger partial charge in [-0.1, -0.05) is 17.8 Å². The summed E-state index contributed by atoms with van der Waals surface area (Å²) in [5.41, 5.74) is -0.697. The summed E-state index contributed by atoms with van der Waals surface area (Å²) in [5.74, 6) is -0.694. The van der Waals surface area contributed by atoms with E-state index in [1.165, 1.54) is 24.8 Å². The average Bonchev–Trinajstić information content (AvgIpc) is 2.48. The van der Waals surface area contributed by atoms with E-state index in [0.29, 0.717) is 10.6 Å². The molecule has 0 saturated heterocycles. The fraction of sp³-hybridized carbons (Fsp3) is 0.188. The number of hydrogen-bond donors (Lipinski definition) is 1. The zero-order chi connectivity index (χ0) is 17.0. The first-order chi connectivity index (χ1) is 10.8. The van der Waals surface area contributed by atoms with Crippen LogP contribution in [0.3, 0.4) is 0 Å². The fourth-order valence-electron chi connectivity index (χ4n) is 1.71. The number of halogens is 3. The molecule has 2 aromatic rings. The molecule has 0 aliphatic rings. The highest BCUT2D eigenvalue weighted by atomic mass is 32.2. The lowest BCUT2D eigenvalue weighted by molar-refractivity contribution is -0.144. The molecule has 0 saturated carbocycles. The van der Waals surface area contributed by atoms with E-state index in [9.17, 15) is 18.0 Å². The molecule has 2 aromatic carbocycles. The molecule has 0 bridgehead atoms. The Morgan fingerprint density at radius 1 is 1.13 bits per heavy atom. The van der Waals surface area contributed by atoms with Crippen LogP contribution in [-0.2, 0) is 11.0 Å². The molecule has 2 rings (SSSR count). The second-order valence-corrected chi connectivity index (χ2v) is 5.84. The van der Waals surface area contributed by atoms with Crippen molar-refractivity contribution in [1.82, 2.24) is 0 Å². The average molecular weight is 342 g/mol. The quantitative estimate of drug-likeness (QED) is 0.855. The summed E-state index contributed by atoms with van der Waals surface area (Å²) >= 11 is 1.18. The molecule has 0 heterocycles. The number of carboxylic acids is 1. The minimum absolute atomic E-state index is 0.383. The van der Waals surface area contributed by atoms with Gasteiger partial charge in [-0.25, -0.2) is 4.79 Å². The molecule has 0 amide bonds. The van der Waals surface area contributed by atoms with Gasteiger partial charge in [0.1, 0.15) is 5.75 Å². The van der Waals surface area contributed by atoms with Gasteiger partial charge in [-0.2, -0.15) is 13.2 Å². The monoisotopic (exact) mass is 342 g/mol. The van der Waals surface area contributed by atoms with Gasteiger partial charge in [0.2, 0.25) is 0 Å². The molecular formula is C16H13F3O3S. The van der Waals surface area contributed by atoms with Gasteiger partial charge in [0, 0.05) is 9.79 Å². The van der Waals surface area contributed by atoms with E-state index >= 15 is 0 Å². The minimum atomic E-state index is -4.37. The van der Waals surface area contributed by atoms with Crippen LogP contribution < -0.4 is 4.74 Å². The number of carbonyl (C=O) groups is 1. The lowest BCUT2D eigenvalue weighted by Crippen LogP contribution is -2.22. The Labute approximate surface area is 135 Å². The molecule has 7 heteroatoms. The number of hydrogen-bond acceptors (Lipinski definition) is 3. The first kappa shape index (κ1) is 17.2. The van der Waals surface area contributed by atoms with Gasteiger partial charge >= 0.3 is 12.1 Å². The molecule has 0 radical (unpaired) electrons. The third-order valence-electron chi connectivity index (χ3n) is 2.88. The second kappa shape index (κ2) is 6.95. The smallest absolute Gasteiger partial charge is 0.416 e. The highest BCUT2D eigenvalue weighted by Crippen LogP contribution is 2.34. The normalized spacial score (nSPS) is 12.7. The Hall–Kier alpha value is -2.15. The van der Waals surface area contributed by atoms with Crippen molar-refractivity contribution in [3.05, 3.63) is 54.1 Å².